The number of aromatic nitrogens is 2. The van der Waals surface area contributed by atoms with E-state index >= 15 is 0 Å². The lowest BCUT2D eigenvalue weighted by molar-refractivity contribution is 0.230. The molecule has 1 heterocycles. The maximum Gasteiger partial charge on any atom is 0.257 e. The van der Waals surface area contributed by atoms with Gasteiger partial charge in [0.1, 0.15) is 0 Å². The number of hydrogen-bond acceptors (Lipinski definition) is 6. The van der Waals surface area contributed by atoms with Gasteiger partial charge in [0.15, 0.2) is 17.3 Å². The maximum absolute atomic E-state index is 5.80. The van der Waals surface area contributed by atoms with Gasteiger partial charge in [-0.15, -0.1) is 0 Å². The Morgan fingerprint density at radius 1 is 1.09 bits per heavy atom. The number of methoxy groups -OCH3 is 2. The zero-order chi connectivity index (χ0) is 16.3. The molecule has 0 radical (unpaired) electrons. The van der Waals surface area contributed by atoms with Crippen LogP contribution in [0, 0.1) is 6.92 Å². The topological polar surface area (TPSA) is 79.5 Å². The van der Waals surface area contributed by atoms with E-state index in [1.165, 1.54) is 7.11 Å². The molecule has 0 atom stereocenters. The van der Waals surface area contributed by atoms with E-state index in [0.29, 0.717) is 23.1 Å². The molecule has 1 aromatic heterocycles. The minimum absolute atomic E-state index is 0.0384. The Hall–Kier alpha value is -2.50. The van der Waals surface area contributed by atoms with Gasteiger partial charge < -0.3 is 19.9 Å². The summed E-state index contributed by atoms with van der Waals surface area (Å²) in [5, 5.41) is 0. The maximum atomic E-state index is 5.80. The van der Waals surface area contributed by atoms with Gasteiger partial charge in [0.25, 0.3) is 5.88 Å². The Balaban J connectivity index is 2.55. The molecular weight excluding hydrogens is 282 g/mol. The number of nitrogens with zero attached hydrogens (tertiary/aromatic N) is 2. The van der Waals surface area contributed by atoms with Crippen molar-refractivity contribution >= 4 is 5.82 Å². The van der Waals surface area contributed by atoms with E-state index in [2.05, 4.69) is 9.97 Å². The SMILES string of the molecule is COc1cc(C)c(-c2cnc(N)c(OC)n2)cc1OC(C)C. The molecule has 0 amide bonds. The molecule has 0 aliphatic heterocycles. The summed E-state index contributed by atoms with van der Waals surface area (Å²) in [4.78, 5) is 8.51. The standard InChI is InChI=1S/C16H21N3O3/c1-9(2)22-14-7-11(10(3)6-13(14)20-4)12-8-18-15(17)16(19-12)21-5/h6-9H,1-5H3,(H2,17,18). The third-order valence-corrected chi connectivity index (χ3v) is 3.11. The van der Waals surface area contributed by atoms with Gasteiger partial charge in [-0.2, -0.15) is 0 Å². The van der Waals surface area contributed by atoms with Crippen molar-refractivity contribution < 1.29 is 14.2 Å². The second kappa shape index (κ2) is 6.51. The van der Waals surface area contributed by atoms with E-state index in [9.17, 15) is 0 Å². The second-order valence-electron chi connectivity index (χ2n) is 5.13. The molecule has 0 aliphatic carbocycles. The molecule has 2 aromatic rings. The number of aryl methyl sites for hydroxylation is 1. The summed E-state index contributed by atoms with van der Waals surface area (Å²) in [6.45, 7) is 5.90. The summed E-state index contributed by atoms with van der Waals surface area (Å²) in [7, 11) is 3.13. The lowest BCUT2D eigenvalue weighted by atomic mass is 10.0. The van der Waals surface area contributed by atoms with Crippen molar-refractivity contribution in [1.29, 1.82) is 0 Å². The molecule has 2 rings (SSSR count). The first-order chi connectivity index (χ1) is 10.5. The number of rotatable bonds is 5. The highest BCUT2D eigenvalue weighted by atomic mass is 16.5. The Morgan fingerprint density at radius 3 is 2.41 bits per heavy atom. The molecule has 6 nitrogen and oxygen atoms in total. The van der Waals surface area contributed by atoms with Crippen molar-refractivity contribution in [3.8, 4) is 28.6 Å². The van der Waals surface area contributed by atoms with Crippen LogP contribution in [0.2, 0.25) is 0 Å². The normalized spacial score (nSPS) is 10.6. The smallest absolute Gasteiger partial charge is 0.257 e. The van der Waals surface area contributed by atoms with Crippen LogP contribution in [0.15, 0.2) is 18.3 Å². The van der Waals surface area contributed by atoms with E-state index in [4.69, 9.17) is 19.9 Å². The summed E-state index contributed by atoms with van der Waals surface area (Å²) in [5.41, 5.74) is 8.27. The monoisotopic (exact) mass is 303 g/mol. The average Bonchev–Trinajstić information content (AvgIpc) is 2.49. The van der Waals surface area contributed by atoms with Crippen molar-refractivity contribution in [2.45, 2.75) is 26.9 Å². The van der Waals surface area contributed by atoms with Crippen molar-refractivity contribution in [3.05, 3.63) is 23.9 Å². The van der Waals surface area contributed by atoms with Crippen LogP contribution < -0.4 is 19.9 Å². The van der Waals surface area contributed by atoms with E-state index < -0.39 is 0 Å². The predicted molar refractivity (Wildman–Crippen MR) is 85.5 cm³/mol. The number of benzene rings is 1. The number of nitrogens with two attached hydrogens (primary N) is 1. The molecule has 0 spiro atoms. The number of hydrogen-bond donors (Lipinski definition) is 1. The van der Waals surface area contributed by atoms with Gasteiger partial charge in [0, 0.05) is 5.56 Å². The summed E-state index contributed by atoms with van der Waals surface area (Å²) in [5.74, 6) is 1.91. The third-order valence-electron chi connectivity index (χ3n) is 3.11. The fourth-order valence-electron chi connectivity index (χ4n) is 2.10. The second-order valence-corrected chi connectivity index (χ2v) is 5.13. The molecule has 118 valence electrons. The Bertz CT molecular complexity index is 672. The van der Waals surface area contributed by atoms with Crippen LogP contribution >= 0.6 is 0 Å². The summed E-state index contributed by atoms with van der Waals surface area (Å²) < 4.78 is 16.3. The highest BCUT2D eigenvalue weighted by Gasteiger charge is 2.14. The third kappa shape index (κ3) is 3.21. The summed E-state index contributed by atoms with van der Waals surface area (Å²) in [6.07, 6.45) is 1.66. The molecular formula is C16H21N3O3. The minimum Gasteiger partial charge on any atom is -0.493 e. The van der Waals surface area contributed by atoms with E-state index in [1.54, 1.807) is 13.3 Å². The molecule has 0 fully saturated rings. The van der Waals surface area contributed by atoms with Crippen LogP contribution in [0.3, 0.4) is 0 Å². The van der Waals surface area contributed by atoms with Gasteiger partial charge in [-0.1, -0.05) is 0 Å². The summed E-state index contributed by atoms with van der Waals surface area (Å²) in [6, 6.07) is 3.81. The van der Waals surface area contributed by atoms with Crippen molar-refractivity contribution in [3.63, 3.8) is 0 Å². The van der Waals surface area contributed by atoms with Crippen LogP contribution in [-0.2, 0) is 0 Å². The minimum atomic E-state index is 0.0384. The van der Waals surface area contributed by atoms with Crippen LogP contribution in [0.4, 0.5) is 5.82 Å². The first-order valence-electron chi connectivity index (χ1n) is 6.98. The zero-order valence-corrected chi connectivity index (χ0v) is 13.5. The van der Waals surface area contributed by atoms with Crippen molar-refractivity contribution in [2.24, 2.45) is 0 Å². The molecule has 22 heavy (non-hydrogen) atoms. The van der Waals surface area contributed by atoms with E-state index in [-0.39, 0.29) is 11.9 Å². The number of anilines is 1. The first kappa shape index (κ1) is 15.9. The molecule has 0 unspecified atom stereocenters. The lowest BCUT2D eigenvalue weighted by Crippen LogP contribution is -2.07. The Kier molecular flexibility index (Phi) is 4.70. The average molecular weight is 303 g/mol. The van der Waals surface area contributed by atoms with Gasteiger partial charge in [-0.25, -0.2) is 9.97 Å². The molecule has 0 saturated heterocycles. The quantitative estimate of drug-likeness (QED) is 0.915. The van der Waals surface area contributed by atoms with Crippen LogP contribution in [0.25, 0.3) is 11.3 Å². The first-order valence-corrected chi connectivity index (χ1v) is 6.98. The van der Waals surface area contributed by atoms with Crippen LogP contribution in [-0.4, -0.2) is 30.3 Å². The number of nitrogen functional groups attached to an aromatic ring is 1. The largest absolute Gasteiger partial charge is 0.493 e. The predicted octanol–water partition coefficient (Wildman–Crippen LogP) is 2.84. The van der Waals surface area contributed by atoms with Gasteiger partial charge in [-0.3, -0.25) is 0 Å². The molecule has 2 N–H and O–H groups in total. The van der Waals surface area contributed by atoms with Crippen LogP contribution in [0.1, 0.15) is 19.4 Å². The Labute approximate surface area is 130 Å². The van der Waals surface area contributed by atoms with Crippen molar-refractivity contribution in [1.82, 2.24) is 9.97 Å². The van der Waals surface area contributed by atoms with E-state index in [0.717, 1.165) is 11.1 Å². The summed E-state index contributed by atoms with van der Waals surface area (Å²) >= 11 is 0. The van der Waals surface area contributed by atoms with Crippen molar-refractivity contribution in [2.75, 3.05) is 20.0 Å². The highest BCUT2D eigenvalue weighted by molar-refractivity contribution is 5.68. The molecule has 0 saturated carbocycles. The van der Waals surface area contributed by atoms with Gasteiger partial charge in [-0.05, 0) is 38.5 Å². The zero-order valence-electron chi connectivity index (χ0n) is 13.5. The molecule has 6 heteroatoms. The van der Waals surface area contributed by atoms with E-state index in [1.807, 2.05) is 32.9 Å². The van der Waals surface area contributed by atoms with Crippen LogP contribution in [0.5, 0.6) is 17.4 Å². The fraction of sp³-hybridized carbons (Fsp3) is 0.375. The van der Waals surface area contributed by atoms with Gasteiger partial charge in [0.2, 0.25) is 0 Å². The van der Waals surface area contributed by atoms with Gasteiger partial charge in [0.05, 0.1) is 32.2 Å². The highest BCUT2D eigenvalue weighted by Crippen LogP contribution is 2.36. The Morgan fingerprint density at radius 2 is 1.82 bits per heavy atom. The fourth-order valence-corrected chi connectivity index (χ4v) is 2.10. The number of ether oxygens (including phenoxy) is 3. The lowest BCUT2D eigenvalue weighted by Gasteiger charge is -2.16. The molecule has 0 bridgehead atoms. The molecule has 0 aliphatic rings. The van der Waals surface area contributed by atoms with Gasteiger partial charge >= 0.3 is 0 Å². The molecule has 1 aromatic carbocycles.